The fourth-order valence-corrected chi connectivity index (χ4v) is 5.01. The number of aliphatic hydroxyl groups excluding tert-OH is 1. The number of unbranched alkanes of at least 4 members (excludes halogenated alkanes) is 1. The number of aliphatic hydroxyl groups is 1. The first-order chi connectivity index (χ1) is 25.2. The van der Waals surface area contributed by atoms with Crippen LogP contribution >= 0.6 is 0 Å². The molecular weight excluding hydrogens is 666 g/mol. The molecule has 3 rings (SSSR count). The molecule has 0 bridgehead atoms. The van der Waals surface area contributed by atoms with Gasteiger partial charge in [-0.3, -0.25) is 9.59 Å². The van der Waals surface area contributed by atoms with Crippen LogP contribution in [0.2, 0.25) is 0 Å². The molecule has 280 valence electrons. The first-order valence-corrected chi connectivity index (χ1v) is 17.5. The number of rotatable bonds is 22. The molecule has 4 amide bonds. The second kappa shape index (κ2) is 23.7. The minimum Gasteiger partial charge on any atom is -0.445 e. The predicted molar refractivity (Wildman–Crippen MR) is 198 cm³/mol. The largest absolute Gasteiger partial charge is 0.445 e. The van der Waals surface area contributed by atoms with Gasteiger partial charge in [0.15, 0.2) is 5.96 Å². The zero-order valence-corrected chi connectivity index (χ0v) is 29.5. The molecule has 0 radical (unpaired) electrons. The van der Waals surface area contributed by atoms with Crippen molar-refractivity contribution in [3.8, 4) is 0 Å². The van der Waals surface area contributed by atoms with Gasteiger partial charge in [-0.05, 0) is 60.9 Å². The van der Waals surface area contributed by atoms with Gasteiger partial charge in [-0.1, -0.05) is 72.8 Å². The summed E-state index contributed by atoms with van der Waals surface area (Å²) in [5.41, 5.74) is 14.2. The van der Waals surface area contributed by atoms with Crippen LogP contribution in [-0.2, 0) is 38.7 Å². The van der Waals surface area contributed by atoms with Crippen LogP contribution in [0, 0.1) is 0 Å². The summed E-state index contributed by atoms with van der Waals surface area (Å²) in [5.74, 6) is -0.557. The van der Waals surface area contributed by atoms with E-state index in [0.717, 1.165) is 16.7 Å². The monoisotopic (exact) mass is 717 g/mol. The number of aliphatic imine (C=N–C) groups is 1. The summed E-state index contributed by atoms with van der Waals surface area (Å²) in [5, 5.41) is 18.4. The Morgan fingerprint density at radius 2 is 1.31 bits per heavy atom. The Labute approximate surface area is 304 Å². The van der Waals surface area contributed by atoms with Gasteiger partial charge in [0, 0.05) is 39.1 Å². The van der Waals surface area contributed by atoms with Crippen LogP contribution in [-0.4, -0.2) is 78.8 Å². The van der Waals surface area contributed by atoms with Crippen LogP contribution in [0.4, 0.5) is 15.3 Å². The SMILES string of the molecule is NC(N)=Nc1ccc(CCCC(=O)NCC(O)CC(=O)NCCCCN(CCCNC(=O)OCc2ccccc2)C(=O)OCc2ccccc2)cc1. The van der Waals surface area contributed by atoms with Gasteiger partial charge in [-0.25, -0.2) is 14.6 Å². The number of aryl methyl sites for hydroxylation is 1. The summed E-state index contributed by atoms with van der Waals surface area (Å²) < 4.78 is 10.8. The summed E-state index contributed by atoms with van der Waals surface area (Å²) in [7, 11) is 0. The average Bonchev–Trinajstić information content (AvgIpc) is 3.14. The van der Waals surface area contributed by atoms with E-state index in [9.17, 15) is 24.3 Å². The number of hydrogen-bond acceptors (Lipinski definition) is 8. The standard InChI is InChI=1S/C38H51N7O7/c39-36(40)44-32-19-17-29(18-20-32)15-9-16-34(47)43-26-33(46)25-35(48)41-21-7-8-23-45(38(50)52-28-31-13-5-2-6-14-31)24-10-22-42-37(49)51-27-30-11-3-1-4-12-30/h1-6,11-14,17-20,33,46H,7-10,15-16,21-28H2,(H,41,48)(H,42,49)(H,43,47)(H4,39,40,44). The molecule has 0 saturated heterocycles. The topological polar surface area (TPSA) is 211 Å². The highest BCUT2D eigenvalue weighted by Crippen LogP contribution is 2.14. The van der Waals surface area contributed by atoms with Crippen LogP contribution in [0.1, 0.15) is 55.2 Å². The number of nitrogens with two attached hydrogens (primary N) is 2. The Morgan fingerprint density at radius 1 is 0.692 bits per heavy atom. The lowest BCUT2D eigenvalue weighted by Gasteiger charge is -2.22. The maximum atomic E-state index is 12.9. The van der Waals surface area contributed by atoms with Crippen molar-refractivity contribution in [2.45, 2.75) is 64.3 Å². The quantitative estimate of drug-likeness (QED) is 0.0508. The lowest BCUT2D eigenvalue weighted by molar-refractivity contribution is -0.125. The van der Waals surface area contributed by atoms with Gasteiger partial charge in [-0.15, -0.1) is 0 Å². The summed E-state index contributed by atoms with van der Waals surface area (Å²) >= 11 is 0. The molecule has 1 atom stereocenters. The van der Waals surface area contributed by atoms with Gasteiger partial charge in [0.1, 0.15) is 13.2 Å². The number of carbonyl (C=O) groups excluding carboxylic acids is 4. The normalized spacial score (nSPS) is 11.1. The lowest BCUT2D eigenvalue weighted by atomic mass is 10.1. The Balaban J connectivity index is 1.29. The highest BCUT2D eigenvalue weighted by molar-refractivity contribution is 5.79. The molecule has 0 aliphatic carbocycles. The van der Waals surface area contributed by atoms with Crippen LogP contribution in [0.25, 0.3) is 0 Å². The summed E-state index contributed by atoms with van der Waals surface area (Å²) in [6, 6.07) is 26.1. The molecule has 0 fully saturated rings. The van der Waals surface area contributed by atoms with Crippen LogP contribution in [0.15, 0.2) is 89.9 Å². The zero-order chi connectivity index (χ0) is 37.4. The maximum Gasteiger partial charge on any atom is 0.410 e. The van der Waals surface area contributed by atoms with Crippen LogP contribution in [0.5, 0.6) is 0 Å². The third kappa shape index (κ3) is 17.9. The van der Waals surface area contributed by atoms with Crippen molar-refractivity contribution >= 4 is 35.6 Å². The van der Waals surface area contributed by atoms with Crippen molar-refractivity contribution in [3.05, 3.63) is 102 Å². The molecule has 0 aliphatic rings. The molecule has 0 aliphatic heterocycles. The van der Waals surface area contributed by atoms with Crippen LogP contribution < -0.4 is 27.4 Å². The predicted octanol–water partition coefficient (Wildman–Crippen LogP) is 3.63. The molecule has 52 heavy (non-hydrogen) atoms. The molecule has 3 aromatic carbocycles. The van der Waals surface area contributed by atoms with E-state index in [1.807, 2.05) is 72.8 Å². The minimum atomic E-state index is -1.02. The van der Waals surface area contributed by atoms with Crippen molar-refractivity contribution in [1.82, 2.24) is 20.9 Å². The number of guanidine groups is 1. The third-order valence-electron chi connectivity index (χ3n) is 7.75. The summed E-state index contributed by atoms with van der Waals surface area (Å²) in [6.45, 7) is 1.68. The first kappa shape index (κ1) is 40.8. The van der Waals surface area contributed by atoms with E-state index in [4.69, 9.17) is 20.9 Å². The van der Waals surface area contributed by atoms with E-state index in [-0.39, 0.29) is 50.4 Å². The lowest BCUT2D eigenvalue weighted by Crippen LogP contribution is -2.37. The third-order valence-corrected chi connectivity index (χ3v) is 7.75. The van der Waals surface area contributed by atoms with E-state index >= 15 is 0 Å². The second-order valence-corrected chi connectivity index (χ2v) is 12.1. The zero-order valence-electron chi connectivity index (χ0n) is 29.5. The van der Waals surface area contributed by atoms with Crippen molar-refractivity contribution in [2.75, 3.05) is 32.7 Å². The Bertz CT molecular complexity index is 1540. The van der Waals surface area contributed by atoms with Crippen LogP contribution in [0.3, 0.4) is 0 Å². The molecule has 0 saturated carbocycles. The number of ether oxygens (including phenoxy) is 2. The Kier molecular flexibility index (Phi) is 18.6. The number of carbonyl (C=O) groups is 4. The summed E-state index contributed by atoms with van der Waals surface area (Å²) in [4.78, 5) is 55.1. The molecular formula is C38H51N7O7. The molecule has 8 N–H and O–H groups in total. The van der Waals surface area contributed by atoms with E-state index in [1.54, 1.807) is 17.0 Å². The number of hydrogen-bond donors (Lipinski definition) is 6. The maximum absolute atomic E-state index is 12.9. The van der Waals surface area contributed by atoms with E-state index in [1.165, 1.54) is 0 Å². The minimum absolute atomic E-state index is 0.0129. The molecule has 14 heteroatoms. The molecule has 1 unspecified atom stereocenters. The van der Waals surface area contributed by atoms with E-state index in [0.29, 0.717) is 64.0 Å². The highest BCUT2D eigenvalue weighted by Gasteiger charge is 2.16. The van der Waals surface area contributed by atoms with Crippen molar-refractivity contribution in [3.63, 3.8) is 0 Å². The molecule has 14 nitrogen and oxygen atoms in total. The van der Waals surface area contributed by atoms with Gasteiger partial charge >= 0.3 is 12.2 Å². The van der Waals surface area contributed by atoms with Crippen molar-refractivity contribution in [2.24, 2.45) is 16.5 Å². The smallest absolute Gasteiger partial charge is 0.410 e. The molecule has 0 spiro atoms. The van der Waals surface area contributed by atoms with Gasteiger partial charge in [0.05, 0.1) is 18.2 Å². The highest BCUT2D eigenvalue weighted by atomic mass is 16.6. The number of benzene rings is 3. The molecule has 0 aromatic heterocycles. The first-order valence-electron chi connectivity index (χ1n) is 17.5. The van der Waals surface area contributed by atoms with Gasteiger partial charge in [0.25, 0.3) is 0 Å². The van der Waals surface area contributed by atoms with E-state index < -0.39 is 18.3 Å². The second-order valence-electron chi connectivity index (χ2n) is 12.1. The van der Waals surface area contributed by atoms with Crippen molar-refractivity contribution < 1.29 is 33.8 Å². The number of amides is 4. The molecule has 0 heterocycles. The Hall–Kier alpha value is -5.63. The van der Waals surface area contributed by atoms with Crippen molar-refractivity contribution in [1.29, 1.82) is 0 Å². The number of nitrogens with zero attached hydrogens (tertiary/aromatic N) is 2. The summed E-state index contributed by atoms with van der Waals surface area (Å²) in [6.07, 6.45) is 1.07. The van der Waals surface area contributed by atoms with E-state index in [2.05, 4.69) is 20.9 Å². The number of alkyl carbamates (subject to hydrolysis) is 1. The average molecular weight is 718 g/mol. The van der Waals surface area contributed by atoms with Gasteiger partial charge < -0.3 is 46.9 Å². The van der Waals surface area contributed by atoms with Gasteiger partial charge in [-0.2, -0.15) is 0 Å². The Morgan fingerprint density at radius 3 is 1.96 bits per heavy atom. The fraction of sp³-hybridized carbons (Fsp3) is 0.395. The molecule has 3 aromatic rings. The number of nitrogens with one attached hydrogen (secondary N) is 3. The fourth-order valence-electron chi connectivity index (χ4n) is 5.01. The van der Waals surface area contributed by atoms with Gasteiger partial charge in [0.2, 0.25) is 11.8 Å².